The molecule has 0 spiro atoms. The number of aryl methyl sites for hydroxylation is 1. The van der Waals surface area contributed by atoms with Crippen LogP contribution in [0.15, 0.2) is 47.4 Å². The van der Waals surface area contributed by atoms with Crippen LogP contribution in [-0.4, -0.2) is 27.8 Å². The molecular weight excluding hydrogens is 268 g/mol. The molecule has 1 aromatic heterocycles. The first kappa shape index (κ1) is 13.3. The van der Waals surface area contributed by atoms with Crippen molar-refractivity contribution in [2.75, 3.05) is 6.54 Å². The minimum atomic E-state index is -0.296. The Bertz CT molecular complexity index is 757. The number of amides is 2. The Morgan fingerprint density at radius 3 is 2.10 bits per heavy atom. The molecule has 2 aromatic rings. The molecule has 5 heteroatoms. The number of hydrogen-bond acceptors (Lipinski definition) is 3. The van der Waals surface area contributed by atoms with Crippen LogP contribution in [0.1, 0.15) is 26.3 Å². The third-order valence-corrected chi connectivity index (χ3v) is 3.59. The van der Waals surface area contributed by atoms with Crippen molar-refractivity contribution in [3.63, 3.8) is 0 Å². The van der Waals surface area contributed by atoms with Gasteiger partial charge in [0.15, 0.2) is 0 Å². The molecule has 2 heterocycles. The van der Waals surface area contributed by atoms with Crippen molar-refractivity contribution in [2.45, 2.75) is 13.5 Å². The molecule has 106 valence electrons. The van der Waals surface area contributed by atoms with Crippen LogP contribution >= 0.6 is 0 Å². The maximum absolute atomic E-state index is 12.2. The Kier molecular flexibility index (Phi) is 3.17. The Balaban J connectivity index is 1.80. The van der Waals surface area contributed by atoms with Crippen molar-refractivity contribution in [3.05, 3.63) is 69.6 Å². The van der Waals surface area contributed by atoms with Crippen LogP contribution in [0.5, 0.6) is 0 Å². The van der Waals surface area contributed by atoms with Crippen molar-refractivity contribution in [2.24, 2.45) is 0 Å². The van der Waals surface area contributed by atoms with E-state index in [9.17, 15) is 14.4 Å². The van der Waals surface area contributed by atoms with Gasteiger partial charge in [0.1, 0.15) is 0 Å². The van der Waals surface area contributed by atoms with Gasteiger partial charge < -0.3 is 4.57 Å². The van der Waals surface area contributed by atoms with Gasteiger partial charge in [0, 0.05) is 25.4 Å². The number of carbonyl (C=O) groups excluding carboxylic acids is 2. The van der Waals surface area contributed by atoms with Crippen molar-refractivity contribution in [3.8, 4) is 0 Å². The quantitative estimate of drug-likeness (QED) is 0.801. The molecule has 0 fully saturated rings. The van der Waals surface area contributed by atoms with Gasteiger partial charge in [-0.05, 0) is 30.7 Å². The van der Waals surface area contributed by atoms with Gasteiger partial charge in [-0.25, -0.2) is 0 Å². The third-order valence-electron chi connectivity index (χ3n) is 3.59. The predicted molar refractivity (Wildman–Crippen MR) is 77.2 cm³/mol. The molecule has 0 unspecified atom stereocenters. The number of imide groups is 1. The largest absolute Gasteiger partial charge is 0.314 e. The van der Waals surface area contributed by atoms with Crippen LogP contribution in [-0.2, 0) is 6.54 Å². The normalized spacial score (nSPS) is 13.7. The van der Waals surface area contributed by atoms with Crippen LogP contribution < -0.4 is 5.56 Å². The van der Waals surface area contributed by atoms with Crippen LogP contribution in [0.2, 0.25) is 0 Å². The van der Waals surface area contributed by atoms with Gasteiger partial charge in [-0.3, -0.25) is 19.3 Å². The lowest BCUT2D eigenvalue weighted by Crippen LogP contribution is -2.34. The van der Waals surface area contributed by atoms with Crippen molar-refractivity contribution < 1.29 is 9.59 Å². The highest BCUT2D eigenvalue weighted by molar-refractivity contribution is 6.21. The van der Waals surface area contributed by atoms with Crippen LogP contribution in [0.25, 0.3) is 0 Å². The maximum Gasteiger partial charge on any atom is 0.261 e. The van der Waals surface area contributed by atoms with Crippen molar-refractivity contribution in [1.29, 1.82) is 0 Å². The summed E-state index contributed by atoms with van der Waals surface area (Å²) in [6, 6.07) is 10.1. The second-order valence-electron chi connectivity index (χ2n) is 5.04. The van der Waals surface area contributed by atoms with E-state index in [1.54, 1.807) is 30.5 Å². The smallest absolute Gasteiger partial charge is 0.261 e. The van der Waals surface area contributed by atoms with E-state index in [0.717, 1.165) is 5.56 Å². The standard InChI is InChI=1S/C16H14N2O3/c1-11-6-7-17(14(19)10-11)8-9-18-15(20)12-4-2-3-5-13(12)16(18)21/h2-7,10H,8-9H2,1H3. The fourth-order valence-corrected chi connectivity index (χ4v) is 2.44. The van der Waals surface area contributed by atoms with E-state index < -0.39 is 0 Å². The molecule has 3 rings (SSSR count). The molecule has 0 N–H and O–H groups in total. The number of fused-ring (bicyclic) bond motifs is 1. The first-order valence-corrected chi connectivity index (χ1v) is 6.70. The molecule has 0 atom stereocenters. The van der Waals surface area contributed by atoms with Crippen LogP contribution in [0.4, 0.5) is 0 Å². The number of rotatable bonds is 3. The van der Waals surface area contributed by atoms with E-state index in [4.69, 9.17) is 0 Å². The third kappa shape index (κ3) is 2.27. The van der Waals surface area contributed by atoms with Crippen LogP contribution in [0, 0.1) is 6.92 Å². The van der Waals surface area contributed by atoms with Gasteiger partial charge >= 0.3 is 0 Å². The molecule has 2 amide bonds. The van der Waals surface area contributed by atoms with E-state index in [0.29, 0.717) is 17.7 Å². The molecule has 21 heavy (non-hydrogen) atoms. The highest BCUT2D eigenvalue weighted by atomic mass is 16.2. The van der Waals surface area contributed by atoms with E-state index in [-0.39, 0.29) is 23.9 Å². The lowest BCUT2D eigenvalue weighted by Gasteiger charge is -2.14. The Morgan fingerprint density at radius 1 is 0.905 bits per heavy atom. The summed E-state index contributed by atoms with van der Waals surface area (Å²) in [7, 11) is 0. The zero-order valence-electron chi connectivity index (χ0n) is 11.6. The minimum absolute atomic E-state index is 0.133. The minimum Gasteiger partial charge on any atom is -0.314 e. The zero-order chi connectivity index (χ0) is 15.0. The first-order chi connectivity index (χ1) is 10.1. The molecule has 0 saturated heterocycles. The highest BCUT2D eigenvalue weighted by Gasteiger charge is 2.34. The number of nitrogens with zero attached hydrogens (tertiary/aromatic N) is 2. The van der Waals surface area contributed by atoms with Gasteiger partial charge in [-0.15, -0.1) is 0 Å². The molecule has 0 bridgehead atoms. The fraction of sp³-hybridized carbons (Fsp3) is 0.188. The molecule has 0 radical (unpaired) electrons. The summed E-state index contributed by atoms with van der Waals surface area (Å²) in [5, 5.41) is 0. The molecule has 1 aromatic carbocycles. The van der Waals surface area contributed by atoms with E-state index in [2.05, 4.69) is 0 Å². The number of carbonyl (C=O) groups is 2. The first-order valence-electron chi connectivity index (χ1n) is 6.70. The Morgan fingerprint density at radius 2 is 1.52 bits per heavy atom. The van der Waals surface area contributed by atoms with Gasteiger partial charge in [0.2, 0.25) is 0 Å². The molecule has 1 aliphatic rings. The molecule has 0 aliphatic carbocycles. The summed E-state index contributed by atoms with van der Waals surface area (Å²) < 4.78 is 1.50. The summed E-state index contributed by atoms with van der Waals surface area (Å²) in [5.41, 5.74) is 1.61. The SMILES string of the molecule is Cc1ccn(CCN2C(=O)c3ccccc3C2=O)c(=O)c1. The van der Waals surface area contributed by atoms with Crippen molar-refractivity contribution in [1.82, 2.24) is 9.47 Å². The second kappa shape index (κ2) is 5.01. The molecule has 1 aliphatic heterocycles. The predicted octanol–water partition coefficient (Wildman–Crippen LogP) is 1.45. The summed E-state index contributed by atoms with van der Waals surface area (Å²) >= 11 is 0. The number of aromatic nitrogens is 1. The Labute approximate surface area is 121 Å². The van der Waals surface area contributed by atoms with Gasteiger partial charge in [0.05, 0.1) is 11.1 Å². The van der Waals surface area contributed by atoms with E-state index >= 15 is 0 Å². The lowest BCUT2D eigenvalue weighted by atomic mass is 10.1. The van der Waals surface area contributed by atoms with Gasteiger partial charge in [-0.2, -0.15) is 0 Å². The Hall–Kier alpha value is -2.69. The summed E-state index contributed by atoms with van der Waals surface area (Å²) in [6.45, 7) is 2.33. The zero-order valence-corrected chi connectivity index (χ0v) is 11.6. The summed E-state index contributed by atoms with van der Waals surface area (Å²) in [4.78, 5) is 37.4. The number of benzene rings is 1. The monoisotopic (exact) mass is 282 g/mol. The van der Waals surface area contributed by atoms with E-state index in [1.807, 2.05) is 13.0 Å². The molecule has 5 nitrogen and oxygen atoms in total. The number of hydrogen-bond donors (Lipinski definition) is 0. The summed E-state index contributed by atoms with van der Waals surface area (Å²) in [6.07, 6.45) is 1.68. The molecular formula is C16H14N2O3. The molecule has 0 saturated carbocycles. The van der Waals surface area contributed by atoms with Gasteiger partial charge in [-0.1, -0.05) is 12.1 Å². The average molecular weight is 282 g/mol. The van der Waals surface area contributed by atoms with E-state index in [1.165, 1.54) is 15.5 Å². The topological polar surface area (TPSA) is 59.4 Å². The van der Waals surface area contributed by atoms with Crippen molar-refractivity contribution >= 4 is 11.8 Å². The maximum atomic E-state index is 12.2. The highest BCUT2D eigenvalue weighted by Crippen LogP contribution is 2.21. The average Bonchev–Trinajstić information content (AvgIpc) is 2.71. The summed E-state index contributed by atoms with van der Waals surface area (Å²) in [5.74, 6) is -0.591. The lowest BCUT2D eigenvalue weighted by molar-refractivity contribution is 0.0648. The number of pyridine rings is 1. The van der Waals surface area contributed by atoms with Crippen LogP contribution in [0.3, 0.4) is 0 Å². The van der Waals surface area contributed by atoms with Gasteiger partial charge in [0.25, 0.3) is 17.4 Å². The fourth-order valence-electron chi connectivity index (χ4n) is 2.44. The second-order valence-corrected chi connectivity index (χ2v) is 5.04.